The Morgan fingerprint density at radius 1 is 1.24 bits per heavy atom. The molecule has 6 nitrogen and oxygen atoms in total. The van der Waals surface area contributed by atoms with E-state index in [0.717, 1.165) is 12.8 Å². The molecular weight excluding hydrogens is 274 g/mol. The fraction of sp³-hybridized carbons (Fsp3) is 0.800. The molecule has 0 aromatic carbocycles. The van der Waals surface area contributed by atoms with Crippen molar-refractivity contribution in [2.24, 2.45) is 23.2 Å². The van der Waals surface area contributed by atoms with Gasteiger partial charge in [0, 0.05) is 19.8 Å². The number of carbonyl (C=O) groups excluding carboxylic acids is 2. The highest BCUT2D eigenvalue weighted by Crippen LogP contribution is 2.44. The summed E-state index contributed by atoms with van der Waals surface area (Å²) in [6.07, 6.45) is 2.19. The number of carbonyl (C=O) groups is 3. The molecule has 2 unspecified atom stereocenters. The third-order valence-electron chi connectivity index (χ3n) is 5.33. The molecule has 3 rings (SSSR count). The van der Waals surface area contributed by atoms with Crippen molar-refractivity contribution in [3.05, 3.63) is 0 Å². The molecule has 21 heavy (non-hydrogen) atoms. The summed E-state index contributed by atoms with van der Waals surface area (Å²) >= 11 is 0. The van der Waals surface area contributed by atoms with Crippen LogP contribution in [0.15, 0.2) is 0 Å². The molecule has 2 heterocycles. The minimum absolute atomic E-state index is 0.00470. The van der Waals surface area contributed by atoms with Gasteiger partial charge < -0.3 is 9.84 Å². The minimum Gasteiger partial charge on any atom is -0.481 e. The number of hydrogen-bond acceptors (Lipinski definition) is 4. The highest BCUT2D eigenvalue weighted by atomic mass is 16.5. The first-order valence-corrected chi connectivity index (χ1v) is 7.61. The van der Waals surface area contributed by atoms with Crippen LogP contribution in [-0.4, -0.2) is 47.5 Å². The average molecular weight is 295 g/mol. The van der Waals surface area contributed by atoms with E-state index in [1.165, 1.54) is 4.90 Å². The second-order valence-corrected chi connectivity index (χ2v) is 6.75. The van der Waals surface area contributed by atoms with Gasteiger partial charge in [-0.05, 0) is 31.6 Å². The van der Waals surface area contributed by atoms with Crippen molar-refractivity contribution in [2.45, 2.75) is 32.6 Å². The molecule has 0 radical (unpaired) electrons. The van der Waals surface area contributed by atoms with E-state index in [0.29, 0.717) is 32.0 Å². The molecule has 6 heteroatoms. The van der Waals surface area contributed by atoms with Gasteiger partial charge in [0.05, 0.1) is 17.3 Å². The van der Waals surface area contributed by atoms with E-state index >= 15 is 0 Å². The van der Waals surface area contributed by atoms with Crippen LogP contribution in [-0.2, 0) is 19.1 Å². The van der Waals surface area contributed by atoms with Crippen LogP contribution in [0.1, 0.15) is 32.6 Å². The predicted molar refractivity (Wildman–Crippen MR) is 72.2 cm³/mol. The number of ether oxygens (including phenoxy) is 1. The number of amides is 2. The summed E-state index contributed by atoms with van der Waals surface area (Å²) in [4.78, 5) is 37.8. The van der Waals surface area contributed by atoms with Gasteiger partial charge in [-0.3, -0.25) is 19.3 Å². The van der Waals surface area contributed by atoms with E-state index < -0.39 is 11.4 Å². The largest absolute Gasteiger partial charge is 0.481 e. The van der Waals surface area contributed by atoms with Gasteiger partial charge in [0.2, 0.25) is 11.8 Å². The number of aliphatic carboxylic acids is 1. The summed E-state index contributed by atoms with van der Waals surface area (Å²) in [6, 6.07) is 0. The Kier molecular flexibility index (Phi) is 3.51. The fourth-order valence-electron chi connectivity index (χ4n) is 4.01. The maximum Gasteiger partial charge on any atom is 0.311 e. The lowest BCUT2D eigenvalue weighted by Crippen LogP contribution is -2.49. The molecule has 2 saturated heterocycles. The molecule has 0 aromatic rings. The van der Waals surface area contributed by atoms with E-state index in [1.807, 2.05) is 0 Å². The lowest BCUT2D eigenvalue weighted by molar-refractivity contribution is -0.159. The normalized spacial score (nSPS) is 35.1. The molecule has 3 aliphatic rings. The smallest absolute Gasteiger partial charge is 0.311 e. The number of hydrogen-bond donors (Lipinski definition) is 1. The molecule has 116 valence electrons. The summed E-state index contributed by atoms with van der Waals surface area (Å²) in [7, 11) is 0. The summed E-state index contributed by atoms with van der Waals surface area (Å²) in [5.41, 5.74) is -1.03. The highest BCUT2D eigenvalue weighted by Gasteiger charge is 2.54. The Morgan fingerprint density at radius 2 is 1.76 bits per heavy atom. The van der Waals surface area contributed by atoms with Gasteiger partial charge in [-0.15, -0.1) is 0 Å². The van der Waals surface area contributed by atoms with Crippen LogP contribution in [0.3, 0.4) is 0 Å². The zero-order valence-corrected chi connectivity index (χ0v) is 12.2. The molecule has 0 spiro atoms. The lowest BCUT2D eigenvalue weighted by atomic mass is 9.79. The monoisotopic (exact) mass is 295 g/mol. The van der Waals surface area contributed by atoms with Crippen LogP contribution in [0.25, 0.3) is 0 Å². The molecule has 1 N–H and O–H groups in total. The number of fused-ring (bicyclic) bond motifs is 1. The van der Waals surface area contributed by atoms with E-state index in [9.17, 15) is 19.5 Å². The van der Waals surface area contributed by atoms with Gasteiger partial charge in [0.25, 0.3) is 0 Å². The lowest BCUT2D eigenvalue weighted by Gasteiger charge is -2.35. The van der Waals surface area contributed by atoms with Gasteiger partial charge in [0.1, 0.15) is 0 Å². The fourth-order valence-corrected chi connectivity index (χ4v) is 4.01. The van der Waals surface area contributed by atoms with Crippen LogP contribution in [0, 0.1) is 23.2 Å². The molecule has 0 aromatic heterocycles. The average Bonchev–Trinajstić information content (AvgIpc) is 2.94. The van der Waals surface area contributed by atoms with Crippen LogP contribution < -0.4 is 0 Å². The van der Waals surface area contributed by atoms with Crippen LogP contribution in [0.5, 0.6) is 0 Å². The van der Waals surface area contributed by atoms with Crippen molar-refractivity contribution >= 4 is 17.8 Å². The number of carboxylic acids is 1. The van der Waals surface area contributed by atoms with Crippen molar-refractivity contribution in [3.8, 4) is 0 Å². The number of rotatable bonds is 3. The van der Waals surface area contributed by atoms with Gasteiger partial charge in [-0.25, -0.2) is 0 Å². The Balaban J connectivity index is 1.80. The van der Waals surface area contributed by atoms with E-state index in [1.54, 1.807) is 0 Å². The third-order valence-corrected chi connectivity index (χ3v) is 5.33. The first-order chi connectivity index (χ1) is 9.94. The van der Waals surface area contributed by atoms with Gasteiger partial charge in [0.15, 0.2) is 0 Å². The Morgan fingerprint density at radius 3 is 2.24 bits per heavy atom. The van der Waals surface area contributed by atoms with Crippen molar-refractivity contribution in [3.63, 3.8) is 0 Å². The maximum absolute atomic E-state index is 12.5. The zero-order valence-electron chi connectivity index (χ0n) is 12.2. The maximum atomic E-state index is 12.5. The van der Waals surface area contributed by atoms with Gasteiger partial charge >= 0.3 is 5.97 Å². The van der Waals surface area contributed by atoms with Crippen LogP contribution in [0.4, 0.5) is 0 Å². The molecule has 2 aliphatic heterocycles. The van der Waals surface area contributed by atoms with E-state index in [4.69, 9.17) is 4.74 Å². The summed E-state index contributed by atoms with van der Waals surface area (Å²) < 4.78 is 5.23. The van der Waals surface area contributed by atoms with Crippen molar-refractivity contribution < 1.29 is 24.2 Å². The number of carboxylic acid groups (broad SMARTS) is 1. The van der Waals surface area contributed by atoms with Crippen molar-refractivity contribution in [1.82, 2.24) is 4.90 Å². The predicted octanol–water partition coefficient (Wildman–Crippen LogP) is 0.899. The molecule has 1 aliphatic carbocycles. The van der Waals surface area contributed by atoms with Crippen LogP contribution >= 0.6 is 0 Å². The molecular formula is C15H21NO5. The number of imide groups is 1. The third kappa shape index (κ3) is 2.25. The topological polar surface area (TPSA) is 83.9 Å². The highest BCUT2D eigenvalue weighted by molar-refractivity contribution is 6.05. The summed E-state index contributed by atoms with van der Waals surface area (Å²) in [6.45, 7) is 2.80. The van der Waals surface area contributed by atoms with E-state index in [2.05, 4.69) is 6.92 Å². The number of likely N-dealkylation sites (tertiary alicyclic amines) is 1. The zero-order chi connectivity index (χ0) is 15.2. The minimum atomic E-state index is -1.03. The molecule has 2 atom stereocenters. The summed E-state index contributed by atoms with van der Waals surface area (Å²) in [5, 5.41) is 9.56. The van der Waals surface area contributed by atoms with E-state index in [-0.39, 0.29) is 30.2 Å². The second-order valence-electron chi connectivity index (χ2n) is 6.75. The van der Waals surface area contributed by atoms with Crippen molar-refractivity contribution in [1.29, 1.82) is 0 Å². The van der Waals surface area contributed by atoms with Crippen LogP contribution in [0.2, 0.25) is 0 Å². The Labute approximate surface area is 123 Å². The Hall–Kier alpha value is -1.43. The van der Waals surface area contributed by atoms with Gasteiger partial charge in [-0.1, -0.05) is 6.92 Å². The SMILES string of the molecule is CC1CC2C(=O)N(CC3(C(=O)O)CCOCC3)C(=O)C2C1. The molecule has 0 bridgehead atoms. The molecule has 2 amide bonds. The second kappa shape index (κ2) is 5.09. The first kappa shape index (κ1) is 14.5. The van der Waals surface area contributed by atoms with Gasteiger partial charge in [-0.2, -0.15) is 0 Å². The molecule has 1 saturated carbocycles. The summed E-state index contributed by atoms with van der Waals surface area (Å²) in [5.74, 6) is -1.32. The van der Waals surface area contributed by atoms with Crippen molar-refractivity contribution in [2.75, 3.05) is 19.8 Å². The quantitative estimate of drug-likeness (QED) is 0.782. The number of nitrogens with zero attached hydrogens (tertiary/aromatic N) is 1. The standard InChI is InChI=1S/C15H21NO5/c1-9-6-10-11(7-9)13(18)16(12(10)17)8-15(14(19)20)2-4-21-5-3-15/h9-11H,2-8H2,1H3,(H,19,20). The molecule has 3 fully saturated rings. The Bertz CT molecular complexity index is 458. The first-order valence-electron chi connectivity index (χ1n) is 7.61.